The van der Waals surface area contributed by atoms with Gasteiger partial charge in [-0.1, -0.05) is 12.1 Å². The Balaban J connectivity index is 0.00000450. The van der Waals surface area contributed by atoms with Crippen LogP contribution in [0.15, 0.2) is 30.3 Å². The highest BCUT2D eigenvalue weighted by molar-refractivity contribution is 5.99. The fourth-order valence-electron chi connectivity index (χ4n) is 3.11. The molecule has 0 aliphatic carbocycles. The Morgan fingerprint density at radius 2 is 1.50 bits per heavy atom. The third kappa shape index (κ3) is 5.49. The molecule has 0 saturated heterocycles. The van der Waals surface area contributed by atoms with Gasteiger partial charge in [0.25, 0.3) is 5.91 Å². The predicted molar refractivity (Wildman–Crippen MR) is 120 cm³/mol. The average molecular weight is 439 g/mol. The summed E-state index contributed by atoms with van der Waals surface area (Å²) in [5.74, 6) is 1.78. The van der Waals surface area contributed by atoms with Crippen LogP contribution in [-0.2, 0) is 6.42 Å². The molecule has 2 N–H and O–H groups in total. The first kappa shape index (κ1) is 25.4. The van der Waals surface area contributed by atoms with Crippen LogP contribution in [0, 0.1) is 0 Å². The van der Waals surface area contributed by atoms with E-state index in [-0.39, 0.29) is 18.3 Å². The minimum atomic E-state index is -0.170. The molecule has 0 saturated carbocycles. The highest BCUT2D eigenvalue weighted by Crippen LogP contribution is 2.48. The second-order valence-electron chi connectivity index (χ2n) is 6.28. The van der Waals surface area contributed by atoms with Gasteiger partial charge in [-0.15, -0.1) is 12.4 Å². The van der Waals surface area contributed by atoms with Crippen LogP contribution in [0.2, 0.25) is 0 Å². The summed E-state index contributed by atoms with van der Waals surface area (Å²) in [4.78, 5) is 14.8. The second kappa shape index (κ2) is 12.1. The van der Waals surface area contributed by atoms with E-state index >= 15 is 0 Å². The number of methoxy groups -OCH3 is 3. The number of benzene rings is 2. The molecule has 2 rings (SSSR count). The number of rotatable bonds is 10. The van der Waals surface area contributed by atoms with Crippen molar-refractivity contribution >= 4 is 18.3 Å². The lowest BCUT2D eigenvalue weighted by atomic mass is 10.1. The van der Waals surface area contributed by atoms with Gasteiger partial charge in [0.2, 0.25) is 11.5 Å². The molecule has 2 aromatic rings. The zero-order valence-corrected chi connectivity index (χ0v) is 19.0. The van der Waals surface area contributed by atoms with E-state index in [0.29, 0.717) is 53.9 Å². The second-order valence-corrected chi connectivity index (χ2v) is 6.28. The molecule has 0 aliphatic rings. The summed E-state index contributed by atoms with van der Waals surface area (Å²) in [6.07, 6.45) is 0.794. The maximum atomic E-state index is 13.1. The van der Waals surface area contributed by atoms with Crippen LogP contribution in [0.5, 0.6) is 28.7 Å². The smallest absolute Gasteiger partial charge is 0.257 e. The maximum absolute atomic E-state index is 13.1. The van der Waals surface area contributed by atoms with E-state index < -0.39 is 0 Å². The van der Waals surface area contributed by atoms with Gasteiger partial charge in [-0.25, -0.2) is 0 Å². The fraction of sp³-hybridized carbons (Fsp3) is 0.409. The molecule has 0 aliphatic heterocycles. The summed E-state index contributed by atoms with van der Waals surface area (Å²) >= 11 is 0. The fourth-order valence-corrected chi connectivity index (χ4v) is 3.11. The Kier molecular flexibility index (Phi) is 10.3. The minimum Gasteiger partial charge on any atom is -0.492 e. The van der Waals surface area contributed by atoms with Gasteiger partial charge in [-0.3, -0.25) is 4.79 Å². The Hall–Kier alpha value is -2.64. The molecule has 1 amide bonds. The molecule has 0 aromatic heterocycles. The van der Waals surface area contributed by atoms with E-state index in [9.17, 15) is 4.79 Å². The van der Waals surface area contributed by atoms with Gasteiger partial charge in [0.05, 0.1) is 26.9 Å². The van der Waals surface area contributed by atoms with Crippen LogP contribution in [0.3, 0.4) is 0 Å². The predicted octanol–water partition coefficient (Wildman–Crippen LogP) is 3.91. The SMILES string of the molecule is CCN(CC)C(=O)c1cc(Oc2ccc(CCN)cc2)c(OC)c(OC)c1OC.Cl. The molecule has 30 heavy (non-hydrogen) atoms. The molecule has 0 fully saturated rings. The minimum absolute atomic E-state index is 0. The molecule has 2 aromatic carbocycles. The summed E-state index contributed by atoms with van der Waals surface area (Å²) in [6.45, 7) is 5.58. The van der Waals surface area contributed by atoms with Gasteiger partial charge < -0.3 is 29.6 Å². The van der Waals surface area contributed by atoms with Crippen molar-refractivity contribution in [2.45, 2.75) is 20.3 Å². The van der Waals surface area contributed by atoms with Crippen LogP contribution in [0.25, 0.3) is 0 Å². The lowest BCUT2D eigenvalue weighted by Crippen LogP contribution is -2.30. The van der Waals surface area contributed by atoms with Gasteiger partial charge in [0, 0.05) is 19.2 Å². The van der Waals surface area contributed by atoms with Crippen molar-refractivity contribution in [3.05, 3.63) is 41.5 Å². The van der Waals surface area contributed by atoms with Crippen LogP contribution < -0.4 is 24.7 Å². The van der Waals surface area contributed by atoms with Crippen LogP contribution in [0.4, 0.5) is 0 Å². The van der Waals surface area contributed by atoms with Crippen molar-refractivity contribution in [3.8, 4) is 28.7 Å². The van der Waals surface area contributed by atoms with E-state index in [1.165, 1.54) is 21.3 Å². The molecule has 0 bridgehead atoms. The Labute approximate surface area is 184 Å². The van der Waals surface area contributed by atoms with E-state index in [1.807, 2.05) is 38.1 Å². The highest BCUT2D eigenvalue weighted by Gasteiger charge is 2.27. The molecule has 166 valence electrons. The van der Waals surface area contributed by atoms with E-state index in [2.05, 4.69) is 0 Å². The third-order valence-corrected chi connectivity index (χ3v) is 4.63. The largest absolute Gasteiger partial charge is 0.492 e. The molecule has 0 unspecified atom stereocenters. The number of carbonyl (C=O) groups is 1. The van der Waals surface area contributed by atoms with Crippen LogP contribution >= 0.6 is 12.4 Å². The Morgan fingerprint density at radius 1 is 0.933 bits per heavy atom. The molecular weight excluding hydrogens is 408 g/mol. The zero-order valence-electron chi connectivity index (χ0n) is 18.2. The Bertz CT molecular complexity index is 823. The maximum Gasteiger partial charge on any atom is 0.257 e. The zero-order chi connectivity index (χ0) is 21.4. The van der Waals surface area contributed by atoms with Crippen molar-refractivity contribution in [3.63, 3.8) is 0 Å². The van der Waals surface area contributed by atoms with Gasteiger partial charge in [-0.05, 0) is 44.5 Å². The molecule has 7 nitrogen and oxygen atoms in total. The van der Waals surface area contributed by atoms with Crippen molar-refractivity contribution < 1.29 is 23.7 Å². The van der Waals surface area contributed by atoms with Gasteiger partial charge >= 0.3 is 0 Å². The number of nitrogens with zero attached hydrogens (tertiary/aromatic N) is 1. The van der Waals surface area contributed by atoms with Crippen LogP contribution in [0.1, 0.15) is 29.8 Å². The number of hydrogen-bond acceptors (Lipinski definition) is 6. The summed E-state index contributed by atoms with van der Waals surface area (Å²) in [5.41, 5.74) is 7.07. The first-order valence-corrected chi connectivity index (χ1v) is 9.63. The van der Waals surface area contributed by atoms with Gasteiger partial charge in [-0.2, -0.15) is 0 Å². The Morgan fingerprint density at radius 3 is 1.97 bits per heavy atom. The first-order chi connectivity index (χ1) is 14.0. The molecule has 0 spiro atoms. The average Bonchev–Trinajstić information content (AvgIpc) is 2.75. The number of carbonyl (C=O) groups excluding carboxylic acids is 1. The topological polar surface area (TPSA) is 83.3 Å². The number of halogens is 1. The van der Waals surface area contributed by atoms with Crippen molar-refractivity contribution in [1.82, 2.24) is 4.90 Å². The van der Waals surface area contributed by atoms with E-state index in [1.54, 1.807) is 11.0 Å². The molecule has 0 atom stereocenters. The highest BCUT2D eigenvalue weighted by atomic mass is 35.5. The normalized spacial score (nSPS) is 10.1. The van der Waals surface area contributed by atoms with E-state index in [0.717, 1.165) is 12.0 Å². The molecular formula is C22H31ClN2O5. The molecule has 8 heteroatoms. The van der Waals surface area contributed by atoms with Gasteiger partial charge in [0.15, 0.2) is 11.5 Å². The number of hydrogen-bond donors (Lipinski definition) is 1. The summed E-state index contributed by atoms with van der Waals surface area (Å²) < 4.78 is 22.6. The quantitative estimate of drug-likeness (QED) is 0.605. The van der Waals surface area contributed by atoms with Crippen LogP contribution in [-0.4, -0.2) is 51.8 Å². The number of nitrogens with two attached hydrogens (primary N) is 1. The van der Waals surface area contributed by atoms with Gasteiger partial charge in [0.1, 0.15) is 5.75 Å². The summed E-state index contributed by atoms with van der Waals surface area (Å²) in [7, 11) is 4.50. The monoisotopic (exact) mass is 438 g/mol. The van der Waals surface area contributed by atoms with Crippen molar-refractivity contribution in [2.24, 2.45) is 5.73 Å². The van der Waals surface area contributed by atoms with Crippen molar-refractivity contribution in [2.75, 3.05) is 41.0 Å². The standard InChI is InChI=1S/C22H30N2O5.ClH/c1-6-24(7-2)22(25)17-14-18(20(27-4)21(28-5)19(17)26-3)29-16-10-8-15(9-11-16)12-13-23;/h8-11,14H,6-7,12-13,23H2,1-5H3;1H. The number of ether oxygens (including phenoxy) is 4. The lowest BCUT2D eigenvalue weighted by Gasteiger charge is -2.23. The molecule has 0 radical (unpaired) electrons. The number of amides is 1. The van der Waals surface area contributed by atoms with Crippen molar-refractivity contribution in [1.29, 1.82) is 0 Å². The summed E-state index contributed by atoms with van der Waals surface area (Å²) in [6, 6.07) is 9.25. The van der Waals surface area contributed by atoms with E-state index in [4.69, 9.17) is 24.7 Å². The third-order valence-electron chi connectivity index (χ3n) is 4.63. The first-order valence-electron chi connectivity index (χ1n) is 9.63. The molecule has 0 heterocycles. The lowest BCUT2D eigenvalue weighted by molar-refractivity contribution is 0.0768. The summed E-state index contributed by atoms with van der Waals surface area (Å²) in [5, 5.41) is 0.